The highest BCUT2D eigenvalue weighted by atomic mass is 14.9. The van der Waals surface area contributed by atoms with Crippen LogP contribution >= 0.6 is 0 Å². The molecule has 2 aliphatic rings. The standard InChI is InChI=1S/C36H22N12/c1-13-37-33(38-14-1)29-21-5-7-23(45-21)30(34-39-15-2-16-40-34)25-9-11-27(47-25)32(36-43-19-4-20-44-36)28-12-10-26(48-28)31(24-8-6-22(29)46-24)35-41-17-3-18-42-35/h1-20,45,48H. The molecule has 0 fully saturated rings. The zero-order chi connectivity index (χ0) is 31.9. The van der Waals surface area contributed by atoms with Crippen molar-refractivity contribution in [3.63, 3.8) is 0 Å². The third-order valence-corrected chi connectivity index (χ3v) is 7.91. The fourth-order valence-corrected chi connectivity index (χ4v) is 5.86. The number of aromatic nitrogens is 12. The van der Waals surface area contributed by atoms with E-state index in [4.69, 9.17) is 9.97 Å². The second-order valence-corrected chi connectivity index (χ2v) is 10.8. The molecule has 9 heterocycles. The third kappa shape index (κ3) is 4.72. The van der Waals surface area contributed by atoms with E-state index in [1.165, 1.54) is 0 Å². The summed E-state index contributed by atoms with van der Waals surface area (Å²) in [6, 6.07) is 15.1. The van der Waals surface area contributed by atoms with Gasteiger partial charge in [-0.05, 0) is 72.8 Å². The quantitative estimate of drug-likeness (QED) is 0.222. The van der Waals surface area contributed by atoms with Crippen molar-refractivity contribution in [2.75, 3.05) is 0 Å². The number of aromatic amines is 2. The SMILES string of the molecule is C1=Cc2nc1c(-c1ncccn1)c1ccc([nH]1)c(-c1ncccn1)c1nc(c(-c3ncccn3)c3ccc([nH]3)c2-c2ncccn2)C=C1. The van der Waals surface area contributed by atoms with Crippen LogP contribution in [0, 0.1) is 0 Å². The molecule has 9 rings (SSSR count). The Hall–Kier alpha value is -7.08. The van der Waals surface area contributed by atoms with Crippen LogP contribution in [0.4, 0.5) is 0 Å². The highest BCUT2D eigenvalue weighted by Gasteiger charge is 2.21. The normalized spacial score (nSPS) is 12.0. The molecule has 0 saturated heterocycles. The van der Waals surface area contributed by atoms with Gasteiger partial charge in [0.2, 0.25) is 0 Å². The second kappa shape index (κ2) is 11.4. The van der Waals surface area contributed by atoms with Crippen LogP contribution < -0.4 is 0 Å². The van der Waals surface area contributed by atoms with Crippen molar-refractivity contribution in [3.8, 4) is 45.6 Å². The van der Waals surface area contributed by atoms with Crippen molar-refractivity contribution in [2.45, 2.75) is 0 Å². The molecule has 0 aliphatic carbocycles. The lowest BCUT2D eigenvalue weighted by Gasteiger charge is -2.04. The zero-order valence-corrected chi connectivity index (χ0v) is 25.0. The van der Waals surface area contributed by atoms with E-state index in [0.717, 1.165) is 44.3 Å². The first-order valence-corrected chi connectivity index (χ1v) is 15.1. The Kier molecular flexibility index (Phi) is 6.46. The van der Waals surface area contributed by atoms with Gasteiger partial charge in [0.25, 0.3) is 0 Å². The van der Waals surface area contributed by atoms with Crippen LogP contribution in [0.3, 0.4) is 0 Å². The van der Waals surface area contributed by atoms with Gasteiger partial charge in [0.05, 0.1) is 67.1 Å². The van der Waals surface area contributed by atoms with E-state index in [2.05, 4.69) is 49.8 Å². The van der Waals surface area contributed by atoms with Crippen LogP contribution in [0.25, 0.3) is 91.9 Å². The molecule has 0 spiro atoms. The van der Waals surface area contributed by atoms with Gasteiger partial charge < -0.3 is 9.97 Å². The average molecular weight is 623 g/mol. The van der Waals surface area contributed by atoms with Crippen LogP contribution in [0.2, 0.25) is 0 Å². The van der Waals surface area contributed by atoms with Gasteiger partial charge in [-0.3, -0.25) is 0 Å². The lowest BCUT2D eigenvalue weighted by atomic mass is 10.1. The van der Waals surface area contributed by atoms with E-state index < -0.39 is 0 Å². The Morgan fingerprint density at radius 2 is 0.542 bits per heavy atom. The first-order valence-electron chi connectivity index (χ1n) is 15.1. The zero-order valence-electron chi connectivity index (χ0n) is 25.0. The molecule has 12 nitrogen and oxygen atoms in total. The van der Waals surface area contributed by atoms with Gasteiger partial charge in [-0.2, -0.15) is 0 Å². The maximum Gasteiger partial charge on any atom is 0.163 e. The van der Waals surface area contributed by atoms with Crippen molar-refractivity contribution in [1.29, 1.82) is 0 Å². The van der Waals surface area contributed by atoms with Crippen molar-refractivity contribution < 1.29 is 0 Å². The predicted molar refractivity (Wildman–Crippen MR) is 183 cm³/mol. The molecule has 7 aromatic rings. The topological polar surface area (TPSA) is 160 Å². The summed E-state index contributed by atoms with van der Waals surface area (Å²) in [5.74, 6) is 2.07. The number of nitrogens with zero attached hydrogens (tertiary/aromatic N) is 10. The number of hydrogen-bond acceptors (Lipinski definition) is 10. The molecule has 226 valence electrons. The fourth-order valence-electron chi connectivity index (χ4n) is 5.86. The summed E-state index contributed by atoms with van der Waals surface area (Å²) in [4.78, 5) is 54.3. The number of nitrogens with one attached hydrogen (secondary N) is 2. The van der Waals surface area contributed by atoms with Crippen molar-refractivity contribution in [2.24, 2.45) is 0 Å². The third-order valence-electron chi connectivity index (χ3n) is 7.91. The number of H-pyrrole nitrogens is 2. The summed E-state index contributed by atoms with van der Waals surface area (Å²) in [6.45, 7) is 0. The lowest BCUT2D eigenvalue weighted by Crippen LogP contribution is -1.94. The van der Waals surface area contributed by atoms with Gasteiger partial charge >= 0.3 is 0 Å². The van der Waals surface area contributed by atoms with E-state index in [0.29, 0.717) is 46.1 Å². The monoisotopic (exact) mass is 622 g/mol. The number of hydrogen-bond donors (Lipinski definition) is 2. The summed E-state index contributed by atoms with van der Waals surface area (Å²) < 4.78 is 0. The Morgan fingerprint density at radius 3 is 0.771 bits per heavy atom. The molecular formula is C36H22N12. The molecule has 0 unspecified atom stereocenters. The lowest BCUT2D eigenvalue weighted by molar-refractivity contribution is 1.15. The summed E-state index contributed by atoms with van der Waals surface area (Å²) >= 11 is 0. The second-order valence-electron chi connectivity index (χ2n) is 10.8. The largest absolute Gasteiger partial charge is 0.354 e. The molecule has 12 heteroatoms. The van der Waals surface area contributed by atoms with Crippen LogP contribution in [0.15, 0.2) is 98.1 Å². The molecule has 2 N–H and O–H groups in total. The van der Waals surface area contributed by atoms with Gasteiger partial charge in [-0.15, -0.1) is 0 Å². The van der Waals surface area contributed by atoms with Crippen LogP contribution in [-0.2, 0) is 0 Å². The summed E-state index contributed by atoms with van der Waals surface area (Å²) in [7, 11) is 0. The maximum atomic E-state index is 5.14. The minimum Gasteiger partial charge on any atom is -0.354 e. The maximum absolute atomic E-state index is 5.14. The van der Waals surface area contributed by atoms with E-state index in [1.807, 2.05) is 48.6 Å². The minimum atomic E-state index is 0.518. The smallest absolute Gasteiger partial charge is 0.163 e. The molecule has 0 saturated carbocycles. The molecule has 0 radical (unpaired) electrons. The van der Waals surface area contributed by atoms with Gasteiger partial charge in [0.15, 0.2) is 23.3 Å². The molecule has 0 amide bonds. The Morgan fingerprint density at radius 1 is 0.312 bits per heavy atom. The molecule has 2 aliphatic heterocycles. The van der Waals surface area contributed by atoms with Gasteiger partial charge in [0, 0.05) is 49.6 Å². The molecule has 48 heavy (non-hydrogen) atoms. The minimum absolute atomic E-state index is 0.518. The van der Waals surface area contributed by atoms with Crippen molar-refractivity contribution >= 4 is 46.4 Å². The van der Waals surface area contributed by atoms with Gasteiger partial charge in [0.1, 0.15) is 0 Å². The molecule has 0 atom stereocenters. The van der Waals surface area contributed by atoms with Crippen LogP contribution in [0.5, 0.6) is 0 Å². The Bertz CT molecular complexity index is 2190. The summed E-state index contributed by atoms with van der Waals surface area (Å²) in [5.41, 5.74) is 8.64. The van der Waals surface area contributed by atoms with E-state index in [-0.39, 0.29) is 0 Å². The first kappa shape index (κ1) is 27.2. The van der Waals surface area contributed by atoms with Crippen LogP contribution in [0.1, 0.15) is 22.8 Å². The van der Waals surface area contributed by atoms with E-state index in [1.54, 1.807) is 73.8 Å². The average Bonchev–Trinajstić information content (AvgIpc) is 3.98. The first-order chi connectivity index (χ1) is 23.8. The highest BCUT2D eigenvalue weighted by Crippen LogP contribution is 2.35. The molecule has 7 aromatic heterocycles. The van der Waals surface area contributed by atoms with E-state index in [9.17, 15) is 0 Å². The molecular weight excluding hydrogens is 600 g/mol. The van der Waals surface area contributed by atoms with Crippen molar-refractivity contribution in [1.82, 2.24) is 59.8 Å². The van der Waals surface area contributed by atoms with Gasteiger partial charge in [-0.25, -0.2) is 49.8 Å². The van der Waals surface area contributed by atoms with Gasteiger partial charge in [-0.1, -0.05) is 0 Å². The molecule has 0 aromatic carbocycles. The number of fused-ring (bicyclic) bond motifs is 8. The van der Waals surface area contributed by atoms with E-state index >= 15 is 0 Å². The van der Waals surface area contributed by atoms with Crippen molar-refractivity contribution in [3.05, 3.63) is 121 Å². The Balaban J connectivity index is 1.49. The Labute approximate surface area is 272 Å². The molecule has 8 bridgehead atoms. The predicted octanol–water partition coefficient (Wildman–Crippen LogP) is 6.48. The fraction of sp³-hybridized carbons (Fsp3) is 0. The highest BCUT2D eigenvalue weighted by molar-refractivity contribution is 5.97. The summed E-state index contributed by atoms with van der Waals surface area (Å²) in [6.07, 6.45) is 21.5. The summed E-state index contributed by atoms with van der Waals surface area (Å²) in [5, 5.41) is 0. The van der Waals surface area contributed by atoms with Crippen LogP contribution in [-0.4, -0.2) is 59.8 Å². The number of rotatable bonds is 4.